The highest BCUT2D eigenvalue weighted by Crippen LogP contribution is 2.57. The fourth-order valence-electron chi connectivity index (χ4n) is 4.47. The Morgan fingerprint density at radius 3 is 2.05 bits per heavy atom. The lowest BCUT2D eigenvalue weighted by molar-refractivity contribution is -0.149. The molecule has 2 aromatic carbocycles. The molecule has 2 aliphatic rings. The first-order chi connectivity index (χ1) is 18.2. The molecule has 2 heterocycles. The zero-order valence-corrected chi connectivity index (χ0v) is 21.3. The van der Waals surface area contributed by atoms with E-state index >= 15 is 0 Å². The molecule has 1 atom stereocenters. The number of halogens is 3. The number of nitrogens with one attached hydrogen (secondary N) is 1. The van der Waals surface area contributed by atoms with Crippen molar-refractivity contribution in [1.29, 1.82) is 0 Å². The van der Waals surface area contributed by atoms with Gasteiger partial charge in [-0.15, -0.1) is 0 Å². The Morgan fingerprint density at radius 1 is 0.925 bits per heavy atom. The first-order valence-electron chi connectivity index (χ1n) is 11.3. The van der Waals surface area contributed by atoms with Gasteiger partial charge in [0.25, 0.3) is 11.8 Å². The van der Waals surface area contributed by atoms with Crippen LogP contribution >= 0.6 is 11.6 Å². The van der Waals surface area contributed by atoms with Gasteiger partial charge in [-0.2, -0.15) is 8.78 Å². The predicted octanol–water partition coefficient (Wildman–Crippen LogP) is -1.13. The van der Waals surface area contributed by atoms with Crippen LogP contribution in [0.25, 0.3) is 0 Å². The van der Waals surface area contributed by atoms with Crippen molar-refractivity contribution in [2.24, 2.45) is 0 Å². The van der Waals surface area contributed by atoms with Crippen LogP contribution in [0, 0.1) is 0 Å². The van der Waals surface area contributed by atoms with E-state index in [0.29, 0.717) is 4.90 Å². The van der Waals surface area contributed by atoms with Gasteiger partial charge in [0, 0.05) is 22.7 Å². The molecule has 2 aliphatic heterocycles. The SMILES string of the molecule is [B]N1C(=O)C([B])([B])C([B])([B])[C@]([B])(N2Cc3cc(C([B])([B])NC(=O)C(F)(F)c4ccc(Cl)cc4)ccc3C2=O)C1=O. The molecular formula is C22H10B8ClF2N3O4. The molecule has 4 rings (SSSR count). The second kappa shape index (κ2) is 9.36. The number of hydrogen-bond acceptors (Lipinski definition) is 4. The van der Waals surface area contributed by atoms with E-state index in [1.54, 1.807) is 0 Å². The minimum atomic E-state index is -4.04. The zero-order chi connectivity index (χ0) is 30.2. The van der Waals surface area contributed by atoms with Crippen LogP contribution in [-0.4, -0.2) is 102 Å². The molecule has 1 fully saturated rings. The predicted molar refractivity (Wildman–Crippen MR) is 147 cm³/mol. The first-order valence-corrected chi connectivity index (χ1v) is 11.7. The van der Waals surface area contributed by atoms with Crippen molar-refractivity contribution in [3.8, 4) is 0 Å². The van der Waals surface area contributed by atoms with Gasteiger partial charge in [-0.1, -0.05) is 41.1 Å². The van der Waals surface area contributed by atoms with E-state index in [4.69, 9.17) is 74.5 Å². The van der Waals surface area contributed by atoms with Crippen LogP contribution in [0.5, 0.6) is 0 Å². The first kappa shape index (κ1) is 30.2. The molecule has 0 saturated carbocycles. The maximum atomic E-state index is 14.8. The third-order valence-electron chi connectivity index (χ3n) is 7.06. The number of nitrogens with zero attached hydrogens (tertiary/aromatic N) is 2. The Labute approximate surface area is 244 Å². The largest absolute Gasteiger partial charge is 0.358 e. The van der Waals surface area contributed by atoms with E-state index in [1.165, 1.54) is 30.3 Å². The standard InChI is InChI=1S/C22H10B8ClF2N3O4/c23-19(24)16(39)36(30)17(40)20(25,22(19,28)29)35-8-9-7-11(3-6-13(9)14(35)37)21(26,27)34-15(38)18(32,33)10-1-4-12(31)5-2-10/h1-7H,8H2,(H,34,38)/t20-/m1/s1. The lowest BCUT2D eigenvalue weighted by Crippen LogP contribution is -2.75. The molecule has 0 spiro atoms. The van der Waals surface area contributed by atoms with E-state index in [0.717, 1.165) is 12.1 Å². The summed E-state index contributed by atoms with van der Waals surface area (Å²) in [6.45, 7) is -0.483. The minimum Gasteiger partial charge on any atom is -0.358 e. The minimum absolute atomic E-state index is 0.0147. The van der Waals surface area contributed by atoms with Crippen molar-refractivity contribution in [3.05, 3.63) is 69.7 Å². The lowest BCUT2D eigenvalue weighted by Gasteiger charge is -2.62. The van der Waals surface area contributed by atoms with Gasteiger partial charge >= 0.3 is 5.92 Å². The normalized spacial score (nSPS) is 22.2. The van der Waals surface area contributed by atoms with Crippen molar-refractivity contribution in [2.45, 2.75) is 33.7 Å². The smallest absolute Gasteiger partial charge is 0.349 e. The molecule has 7 nitrogen and oxygen atoms in total. The maximum Gasteiger partial charge on any atom is 0.349 e. The number of carbonyl (C=O) groups is 4. The molecule has 0 aromatic heterocycles. The van der Waals surface area contributed by atoms with Gasteiger partial charge in [0.15, 0.2) is 0 Å². The Hall–Kier alpha value is -2.81. The molecule has 0 unspecified atom stereocenters. The fraction of sp³-hybridized carbons (Fsp3) is 0.273. The highest BCUT2D eigenvalue weighted by Gasteiger charge is 2.64. The van der Waals surface area contributed by atoms with E-state index in [2.05, 4.69) is 0 Å². The van der Waals surface area contributed by atoms with E-state index in [1.807, 2.05) is 5.32 Å². The topological polar surface area (TPSA) is 86.8 Å². The summed E-state index contributed by atoms with van der Waals surface area (Å²) in [6, 6.07) is 7.87. The summed E-state index contributed by atoms with van der Waals surface area (Å²) in [6.07, 6.45) is 0. The summed E-state index contributed by atoms with van der Waals surface area (Å²) in [7, 11) is 47.4. The molecule has 1 saturated heterocycles. The Balaban J connectivity index is 1.65. The molecule has 18 heteroatoms. The summed E-state index contributed by atoms with van der Waals surface area (Å²) in [5, 5.41) is -5.72. The van der Waals surface area contributed by atoms with Crippen molar-refractivity contribution in [2.75, 3.05) is 0 Å². The second-order valence-electron chi connectivity index (χ2n) is 9.65. The molecule has 1 N–H and O–H groups in total. The number of piperidine rings is 1. The highest BCUT2D eigenvalue weighted by molar-refractivity contribution is 6.68. The number of amides is 4. The molecule has 16 radical (unpaired) electrons. The lowest BCUT2D eigenvalue weighted by atomic mass is 9.21. The fourth-order valence-corrected chi connectivity index (χ4v) is 4.60. The number of benzene rings is 2. The third kappa shape index (κ3) is 4.18. The summed E-state index contributed by atoms with van der Waals surface area (Å²) in [4.78, 5) is 51.9. The molecule has 182 valence electrons. The van der Waals surface area contributed by atoms with E-state index in [-0.39, 0.29) is 26.5 Å². The van der Waals surface area contributed by atoms with Crippen LogP contribution in [0.2, 0.25) is 15.5 Å². The van der Waals surface area contributed by atoms with E-state index < -0.39 is 62.9 Å². The Bertz CT molecular complexity index is 1460. The zero-order valence-electron chi connectivity index (χ0n) is 20.5. The molecule has 40 heavy (non-hydrogen) atoms. The summed E-state index contributed by atoms with van der Waals surface area (Å²) >= 11 is 5.71. The molecule has 0 bridgehead atoms. The third-order valence-corrected chi connectivity index (χ3v) is 7.31. The van der Waals surface area contributed by atoms with Gasteiger partial charge in [-0.05, 0) is 39.9 Å². The Morgan fingerprint density at radius 2 is 1.48 bits per heavy atom. The average molecular weight is 540 g/mol. The van der Waals surface area contributed by atoms with Crippen molar-refractivity contribution < 1.29 is 28.0 Å². The van der Waals surface area contributed by atoms with Crippen LogP contribution < -0.4 is 5.32 Å². The average Bonchev–Trinajstić information content (AvgIpc) is 3.22. The number of hydrogen-bond donors (Lipinski definition) is 1. The van der Waals surface area contributed by atoms with Crippen molar-refractivity contribution in [1.82, 2.24) is 15.0 Å². The van der Waals surface area contributed by atoms with Gasteiger partial charge in [-0.3, -0.25) is 19.2 Å². The van der Waals surface area contributed by atoms with Gasteiger partial charge in [0.2, 0.25) is 19.8 Å². The summed E-state index contributed by atoms with van der Waals surface area (Å²) in [5.41, 5.74) is -3.44. The Kier molecular flexibility index (Phi) is 7.06. The van der Waals surface area contributed by atoms with Crippen molar-refractivity contribution in [3.63, 3.8) is 0 Å². The quantitative estimate of drug-likeness (QED) is 0.385. The monoisotopic (exact) mass is 541 g/mol. The van der Waals surface area contributed by atoms with Gasteiger partial charge in [0.1, 0.15) is 7.85 Å². The summed E-state index contributed by atoms with van der Waals surface area (Å²) in [5.74, 6) is -9.48. The number of fused-ring (bicyclic) bond motifs is 1. The highest BCUT2D eigenvalue weighted by atomic mass is 35.5. The summed E-state index contributed by atoms with van der Waals surface area (Å²) < 4.78 is 29.6. The molecule has 0 aliphatic carbocycles. The van der Waals surface area contributed by atoms with Crippen LogP contribution in [0.15, 0.2) is 42.5 Å². The van der Waals surface area contributed by atoms with Gasteiger partial charge in [0.05, 0.1) is 52.5 Å². The molecule has 4 amide bonds. The van der Waals surface area contributed by atoms with E-state index in [9.17, 15) is 28.0 Å². The van der Waals surface area contributed by atoms with Crippen LogP contribution in [-0.2, 0) is 32.2 Å². The number of rotatable bonds is 5. The maximum absolute atomic E-state index is 14.8. The van der Waals surface area contributed by atoms with Gasteiger partial charge in [-0.25, -0.2) is 0 Å². The van der Waals surface area contributed by atoms with Gasteiger partial charge < -0.3 is 15.0 Å². The molecule has 2 aromatic rings. The molecular weight excluding hydrogens is 530 g/mol. The number of alkyl halides is 2. The van der Waals surface area contributed by atoms with Crippen molar-refractivity contribution >= 4 is 98.1 Å². The number of imide groups is 1. The second-order valence-corrected chi connectivity index (χ2v) is 10.1. The van der Waals surface area contributed by atoms with Crippen LogP contribution in [0.4, 0.5) is 8.78 Å². The van der Waals surface area contributed by atoms with Crippen LogP contribution in [0.3, 0.4) is 0 Å². The van der Waals surface area contributed by atoms with Crippen LogP contribution in [0.1, 0.15) is 27.0 Å². The number of carbonyl (C=O) groups excluding carboxylic acids is 4.